The molecular formula is C46H83NO8P+. The molecule has 9 nitrogen and oxygen atoms in total. The molecular weight excluding hydrogens is 725 g/mol. The standard InChI is InChI=1S/C46H82NO8P/c1-6-8-10-12-14-16-18-20-22-23-25-26-28-30-32-34-36-38-45(48)52-42-44(43-54-56(50,51)53-41-40-47(3,4)5)55-46(49)39-37-35-33-31-29-27-24-21-19-17-15-13-11-9-7-2/h14-17,20-22,24,29,31,44H,6-13,18-19,23,25-28,30,32-43H2,1-5H3/p+1/b16-14+,17-15+,22-20+,24-21+,31-29+/t44-/m1/s1. The van der Waals surface area contributed by atoms with Crippen molar-refractivity contribution in [3.8, 4) is 0 Å². The number of hydrogen-bond acceptors (Lipinski definition) is 7. The van der Waals surface area contributed by atoms with Crippen LogP contribution in [0.1, 0.15) is 168 Å². The van der Waals surface area contributed by atoms with Gasteiger partial charge in [0.1, 0.15) is 19.8 Å². The van der Waals surface area contributed by atoms with E-state index in [1.54, 1.807) is 0 Å². The molecule has 0 radical (unpaired) electrons. The molecule has 0 amide bonds. The van der Waals surface area contributed by atoms with Crippen LogP contribution in [0.2, 0.25) is 0 Å². The fraction of sp³-hybridized carbons (Fsp3) is 0.739. The van der Waals surface area contributed by atoms with Crippen LogP contribution < -0.4 is 0 Å². The van der Waals surface area contributed by atoms with Crippen molar-refractivity contribution in [2.75, 3.05) is 47.5 Å². The lowest BCUT2D eigenvalue weighted by atomic mass is 10.1. The Morgan fingerprint density at radius 2 is 0.964 bits per heavy atom. The van der Waals surface area contributed by atoms with Gasteiger partial charge in [0.25, 0.3) is 0 Å². The Hall–Kier alpha value is -2.29. The smallest absolute Gasteiger partial charge is 0.462 e. The first-order valence-corrected chi connectivity index (χ1v) is 23.5. The van der Waals surface area contributed by atoms with Crippen LogP contribution in [-0.2, 0) is 32.7 Å². The largest absolute Gasteiger partial charge is 0.472 e. The van der Waals surface area contributed by atoms with Crippen LogP contribution in [0, 0.1) is 0 Å². The molecule has 0 spiro atoms. The molecule has 0 aliphatic heterocycles. The molecule has 0 aromatic carbocycles. The number of quaternary nitrogens is 1. The number of phosphoric acid groups is 1. The van der Waals surface area contributed by atoms with Gasteiger partial charge < -0.3 is 18.9 Å². The summed E-state index contributed by atoms with van der Waals surface area (Å²) in [5.41, 5.74) is 0. The van der Waals surface area contributed by atoms with Crippen molar-refractivity contribution in [1.29, 1.82) is 0 Å². The molecule has 1 N–H and O–H groups in total. The summed E-state index contributed by atoms with van der Waals surface area (Å²) < 4.78 is 34.2. The number of ether oxygens (including phenoxy) is 2. The summed E-state index contributed by atoms with van der Waals surface area (Å²) in [6.07, 6.45) is 45.5. The second-order valence-corrected chi connectivity index (χ2v) is 17.2. The maximum absolute atomic E-state index is 12.7. The van der Waals surface area contributed by atoms with E-state index in [2.05, 4.69) is 74.6 Å². The Morgan fingerprint density at radius 1 is 0.554 bits per heavy atom. The lowest BCUT2D eigenvalue weighted by Crippen LogP contribution is -2.37. The van der Waals surface area contributed by atoms with E-state index in [0.717, 1.165) is 70.6 Å². The summed E-state index contributed by atoms with van der Waals surface area (Å²) in [7, 11) is 1.44. The van der Waals surface area contributed by atoms with Crippen LogP contribution in [0.5, 0.6) is 0 Å². The monoisotopic (exact) mass is 809 g/mol. The topological polar surface area (TPSA) is 108 Å². The number of likely N-dealkylation sites (N-methyl/N-ethyl adjacent to an activating group) is 1. The van der Waals surface area contributed by atoms with E-state index in [-0.39, 0.29) is 32.0 Å². The molecule has 0 rings (SSSR count). The first kappa shape index (κ1) is 53.7. The minimum absolute atomic E-state index is 0.0205. The summed E-state index contributed by atoms with van der Waals surface area (Å²) in [6.45, 7) is 4.30. The van der Waals surface area contributed by atoms with Crippen LogP contribution >= 0.6 is 7.82 Å². The third-order valence-corrected chi connectivity index (χ3v) is 10.0. The second kappa shape index (κ2) is 38.2. The Balaban J connectivity index is 4.44. The van der Waals surface area contributed by atoms with E-state index in [0.29, 0.717) is 17.4 Å². The molecule has 56 heavy (non-hydrogen) atoms. The van der Waals surface area contributed by atoms with Crippen molar-refractivity contribution < 1.29 is 42.1 Å². The van der Waals surface area contributed by atoms with E-state index >= 15 is 0 Å². The summed E-state index contributed by atoms with van der Waals surface area (Å²) in [5.74, 6) is -0.857. The number of phosphoric ester groups is 1. The van der Waals surface area contributed by atoms with Gasteiger partial charge in [-0.25, -0.2) is 4.57 Å². The van der Waals surface area contributed by atoms with Crippen molar-refractivity contribution in [2.24, 2.45) is 0 Å². The highest BCUT2D eigenvalue weighted by atomic mass is 31.2. The third kappa shape index (κ3) is 41.3. The third-order valence-electron chi connectivity index (χ3n) is 9.02. The highest BCUT2D eigenvalue weighted by molar-refractivity contribution is 7.47. The zero-order valence-electron chi connectivity index (χ0n) is 36.3. The minimum Gasteiger partial charge on any atom is -0.462 e. The molecule has 1 unspecified atom stereocenters. The van der Waals surface area contributed by atoms with Crippen LogP contribution in [0.15, 0.2) is 60.8 Å². The van der Waals surface area contributed by atoms with Crippen molar-refractivity contribution in [2.45, 2.75) is 174 Å². The van der Waals surface area contributed by atoms with Crippen molar-refractivity contribution in [3.05, 3.63) is 60.8 Å². The molecule has 0 aliphatic carbocycles. The predicted molar refractivity (Wildman–Crippen MR) is 233 cm³/mol. The number of carbonyl (C=O) groups excluding carboxylic acids is 2. The van der Waals surface area contributed by atoms with Gasteiger partial charge >= 0.3 is 19.8 Å². The van der Waals surface area contributed by atoms with Crippen LogP contribution in [0.3, 0.4) is 0 Å². The van der Waals surface area contributed by atoms with Gasteiger partial charge in [0.15, 0.2) is 6.10 Å². The fourth-order valence-corrected chi connectivity index (χ4v) is 6.26. The number of allylic oxidation sites excluding steroid dienone is 10. The first-order chi connectivity index (χ1) is 27.0. The lowest BCUT2D eigenvalue weighted by molar-refractivity contribution is -0.870. The molecule has 0 aromatic heterocycles. The van der Waals surface area contributed by atoms with Crippen molar-refractivity contribution in [3.63, 3.8) is 0 Å². The lowest BCUT2D eigenvalue weighted by Gasteiger charge is -2.24. The van der Waals surface area contributed by atoms with Gasteiger partial charge in [-0.1, -0.05) is 132 Å². The average molecular weight is 809 g/mol. The Bertz CT molecular complexity index is 1140. The normalized spacial score (nSPS) is 14.2. The maximum Gasteiger partial charge on any atom is 0.472 e. The number of rotatable bonds is 39. The van der Waals surface area contributed by atoms with Gasteiger partial charge in [-0.3, -0.25) is 18.6 Å². The van der Waals surface area contributed by atoms with Gasteiger partial charge in [-0.15, -0.1) is 0 Å². The van der Waals surface area contributed by atoms with Crippen LogP contribution in [0.25, 0.3) is 0 Å². The van der Waals surface area contributed by atoms with Gasteiger partial charge in [-0.05, 0) is 83.5 Å². The van der Waals surface area contributed by atoms with E-state index in [1.807, 2.05) is 21.1 Å². The van der Waals surface area contributed by atoms with Crippen LogP contribution in [0.4, 0.5) is 0 Å². The molecule has 0 saturated heterocycles. The van der Waals surface area contributed by atoms with Gasteiger partial charge in [0.2, 0.25) is 0 Å². The van der Waals surface area contributed by atoms with Crippen molar-refractivity contribution >= 4 is 19.8 Å². The SMILES string of the molecule is CCCCC/C=C/C/C=C/C/C=C/CCCCC(=O)O[C@H](COC(=O)CCCCCCCCC/C=C/C/C=C/CCCCC)COP(=O)(O)OCC[N+](C)(C)C. The number of esters is 2. The van der Waals surface area contributed by atoms with Gasteiger partial charge in [0.05, 0.1) is 27.7 Å². The average Bonchev–Trinajstić information content (AvgIpc) is 3.15. The molecule has 0 bridgehead atoms. The molecule has 324 valence electrons. The molecule has 0 aromatic rings. The zero-order chi connectivity index (χ0) is 41.4. The first-order valence-electron chi connectivity index (χ1n) is 22.0. The minimum atomic E-state index is -4.39. The maximum atomic E-state index is 12.7. The number of carbonyl (C=O) groups is 2. The molecule has 0 saturated carbocycles. The number of nitrogens with zero attached hydrogens (tertiary/aromatic N) is 1. The highest BCUT2D eigenvalue weighted by Crippen LogP contribution is 2.43. The Morgan fingerprint density at radius 3 is 1.46 bits per heavy atom. The summed E-state index contributed by atoms with van der Waals surface area (Å²) >= 11 is 0. The number of hydrogen-bond donors (Lipinski definition) is 1. The summed E-state index contributed by atoms with van der Waals surface area (Å²) in [4.78, 5) is 35.3. The van der Waals surface area contributed by atoms with E-state index in [4.69, 9.17) is 18.5 Å². The van der Waals surface area contributed by atoms with Gasteiger partial charge in [-0.2, -0.15) is 0 Å². The molecule has 0 aliphatic rings. The van der Waals surface area contributed by atoms with E-state index < -0.39 is 26.5 Å². The predicted octanol–water partition coefficient (Wildman–Crippen LogP) is 12.5. The summed E-state index contributed by atoms with van der Waals surface area (Å²) in [6, 6.07) is 0. The van der Waals surface area contributed by atoms with Gasteiger partial charge in [0, 0.05) is 12.8 Å². The Kier molecular flexibility index (Phi) is 36.7. The highest BCUT2D eigenvalue weighted by Gasteiger charge is 2.27. The van der Waals surface area contributed by atoms with E-state index in [9.17, 15) is 19.0 Å². The Labute approximate surface area is 343 Å². The van der Waals surface area contributed by atoms with Crippen LogP contribution in [-0.4, -0.2) is 74.9 Å². The second-order valence-electron chi connectivity index (χ2n) is 15.7. The molecule has 2 atom stereocenters. The number of unbranched alkanes of at least 4 members (excludes halogenated alkanes) is 15. The molecule has 0 heterocycles. The quantitative estimate of drug-likeness (QED) is 0.0215. The summed E-state index contributed by atoms with van der Waals surface area (Å²) in [5, 5.41) is 0. The fourth-order valence-electron chi connectivity index (χ4n) is 5.52. The van der Waals surface area contributed by atoms with Crippen molar-refractivity contribution in [1.82, 2.24) is 0 Å². The molecule has 0 fully saturated rings. The zero-order valence-corrected chi connectivity index (χ0v) is 37.2. The molecule has 10 heteroatoms. The van der Waals surface area contributed by atoms with E-state index in [1.165, 1.54) is 64.2 Å².